The number of nitrogens with one attached hydrogen (secondary N) is 3. The van der Waals surface area contributed by atoms with Gasteiger partial charge in [-0.05, 0) is 94.4 Å². The molecule has 0 atom stereocenters. The third-order valence-electron chi connectivity index (χ3n) is 8.31. The first-order valence-electron chi connectivity index (χ1n) is 14.5. The molecule has 0 aliphatic carbocycles. The van der Waals surface area contributed by atoms with Gasteiger partial charge in [0.05, 0.1) is 26.6 Å². The average molecular weight is 607 g/mol. The van der Waals surface area contributed by atoms with E-state index < -0.39 is 21.6 Å². The minimum absolute atomic E-state index is 0.00284. The molecule has 1 aromatic heterocycles. The first kappa shape index (κ1) is 29.1. The Morgan fingerprint density at radius 2 is 1.72 bits per heavy atom. The number of primary amides is 1. The number of hydrogen-bond acceptors (Lipinski definition) is 8. The van der Waals surface area contributed by atoms with Gasteiger partial charge in [-0.1, -0.05) is 6.07 Å². The SMILES string of the molecule is CN1CCC(Nc2ccc(C(N)=O)c(NC3CCOCC3)c2-c2n[nH]c3ccc(S(=O)(=O)c4cccc(F)c4)cc23)CC1. The first-order chi connectivity index (χ1) is 20.7. The van der Waals surface area contributed by atoms with Gasteiger partial charge in [0.25, 0.3) is 5.91 Å². The minimum Gasteiger partial charge on any atom is -0.382 e. The van der Waals surface area contributed by atoms with E-state index in [4.69, 9.17) is 10.5 Å². The number of sulfone groups is 1. The monoisotopic (exact) mass is 606 g/mol. The number of carbonyl (C=O) groups excluding carboxylic acids is 1. The predicted molar refractivity (Wildman–Crippen MR) is 164 cm³/mol. The summed E-state index contributed by atoms with van der Waals surface area (Å²) in [6.07, 6.45) is 3.38. The van der Waals surface area contributed by atoms with Crippen molar-refractivity contribution in [1.82, 2.24) is 15.1 Å². The van der Waals surface area contributed by atoms with Gasteiger partial charge in [0.15, 0.2) is 0 Å². The number of anilines is 2. The summed E-state index contributed by atoms with van der Waals surface area (Å²) in [4.78, 5) is 14.9. The number of amides is 1. The second-order valence-electron chi connectivity index (χ2n) is 11.3. The Morgan fingerprint density at radius 1 is 1.00 bits per heavy atom. The molecule has 3 aromatic carbocycles. The highest BCUT2D eigenvalue weighted by atomic mass is 32.2. The molecule has 43 heavy (non-hydrogen) atoms. The average Bonchev–Trinajstić information content (AvgIpc) is 3.42. The molecule has 1 amide bonds. The van der Waals surface area contributed by atoms with E-state index in [0.717, 1.165) is 50.5 Å². The van der Waals surface area contributed by atoms with E-state index in [9.17, 15) is 17.6 Å². The molecule has 0 spiro atoms. The van der Waals surface area contributed by atoms with Crippen molar-refractivity contribution >= 4 is 38.0 Å². The molecule has 3 heterocycles. The lowest BCUT2D eigenvalue weighted by Gasteiger charge is -2.32. The summed E-state index contributed by atoms with van der Waals surface area (Å²) in [5, 5.41) is 15.5. The molecule has 226 valence electrons. The van der Waals surface area contributed by atoms with Crippen LogP contribution in [0.25, 0.3) is 22.2 Å². The van der Waals surface area contributed by atoms with E-state index >= 15 is 0 Å². The van der Waals surface area contributed by atoms with Gasteiger partial charge in [0.2, 0.25) is 9.84 Å². The van der Waals surface area contributed by atoms with Gasteiger partial charge in [-0.25, -0.2) is 12.8 Å². The van der Waals surface area contributed by atoms with Crippen LogP contribution in [0.3, 0.4) is 0 Å². The number of nitrogens with zero attached hydrogens (tertiary/aromatic N) is 2. The topological polar surface area (TPSA) is 142 Å². The Bertz CT molecular complexity index is 1760. The van der Waals surface area contributed by atoms with Crippen LogP contribution in [0.1, 0.15) is 36.0 Å². The van der Waals surface area contributed by atoms with Gasteiger partial charge in [-0.2, -0.15) is 5.10 Å². The van der Waals surface area contributed by atoms with Crippen LogP contribution in [0, 0.1) is 5.82 Å². The van der Waals surface area contributed by atoms with E-state index in [1.165, 1.54) is 24.3 Å². The Morgan fingerprint density at radius 3 is 2.44 bits per heavy atom. The molecule has 6 rings (SSSR count). The number of carbonyl (C=O) groups is 1. The highest BCUT2D eigenvalue weighted by molar-refractivity contribution is 7.91. The number of likely N-dealkylation sites (tertiary alicyclic amines) is 1. The van der Waals surface area contributed by atoms with Crippen molar-refractivity contribution in [2.45, 2.75) is 47.6 Å². The van der Waals surface area contributed by atoms with Gasteiger partial charge in [-0.3, -0.25) is 9.89 Å². The van der Waals surface area contributed by atoms with Crippen LogP contribution in [-0.4, -0.2) is 74.9 Å². The van der Waals surface area contributed by atoms with Crippen LogP contribution < -0.4 is 16.4 Å². The molecule has 2 saturated heterocycles. The molecule has 10 nitrogen and oxygen atoms in total. The molecule has 0 bridgehead atoms. The van der Waals surface area contributed by atoms with Crippen molar-refractivity contribution in [3.8, 4) is 11.3 Å². The van der Waals surface area contributed by atoms with E-state index in [1.54, 1.807) is 18.2 Å². The lowest BCUT2D eigenvalue weighted by Crippen LogP contribution is -2.37. The number of aromatic nitrogens is 2. The van der Waals surface area contributed by atoms with Crippen molar-refractivity contribution in [1.29, 1.82) is 0 Å². The van der Waals surface area contributed by atoms with Gasteiger partial charge in [0, 0.05) is 41.9 Å². The van der Waals surface area contributed by atoms with Gasteiger partial charge >= 0.3 is 0 Å². The molecule has 0 saturated carbocycles. The molecule has 4 aromatic rings. The molecule has 0 unspecified atom stereocenters. The van der Waals surface area contributed by atoms with Crippen molar-refractivity contribution < 1.29 is 22.3 Å². The van der Waals surface area contributed by atoms with E-state index in [-0.39, 0.29) is 21.9 Å². The number of piperidine rings is 1. The lowest BCUT2D eigenvalue weighted by atomic mass is 9.96. The first-order valence-corrected chi connectivity index (χ1v) is 15.9. The molecule has 2 aliphatic rings. The van der Waals surface area contributed by atoms with Crippen molar-refractivity contribution in [3.05, 3.63) is 66.0 Å². The molecule has 12 heteroatoms. The minimum atomic E-state index is -4.03. The summed E-state index contributed by atoms with van der Waals surface area (Å²) in [5.41, 5.74) is 9.23. The van der Waals surface area contributed by atoms with Crippen LogP contribution in [0.5, 0.6) is 0 Å². The highest BCUT2D eigenvalue weighted by Gasteiger charge is 2.28. The van der Waals surface area contributed by atoms with Crippen LogP contribution in [0.4, 0.5) is 15.8 Å². The molecular formula is C31H35FN6O4S. The normalized spacial score (nSPS) is 17.3. The number of benzene rings is 3. The van der Waals surface area contributed by atoms with Crippen LogP contribution in [0.2, 0.25) is 0 Å². The summed E-state index contributed by atoms with van der Waals surface area (Å²) >= 11 is 0. The number of ether oxygens (including phenoxy) is 1. The number of rotatable bonds is 8. The number of H-pyrrole nitrogens is 1. The summed E-state index contributed by atoms with van der Waals surface area (Å²) in [7, 11) is -1.93. The second kappa shape index (κ2) is 11.9. The van der Waals surface area contributed by atoms with Crippen molar-refractivity contribution in [2.75, 3.05) is 44.0 Å². The number of fused-ring (bicyclic) bond motifs is 1. The molecule has 2 aliphatic heterocycles. The summed E-state index contributed by atoms with van der Waals surface area (Å²) in [5.74, 6) is -1.22. The highest BCUT2D eigenvalue weighted by Crippen LogP contribution is 2.42. The predicted octanol–water partition coefficient (Wildman–Crippen LogP) is 4.40. The largest absolute Gasteiger partial charge is 0.382 e. The summed E-state index contributed by atoms with van der Waals surface area (Å²) in [6, 6.07) is 13.4. The van der Waals surface area contributed by atoms with Gasteiger partial charge < -0.3 is 26.0 Å². The Balaban J connectivity index is 1.52. The van der Waals surface area contributed by atoms with Gasteiger partial charge in [0.1, 0.15) is 11.5 Å². The fourth-order valence-corrected chi connectivity index (χ4v) is 7.18. The fourth-order valence-electron chi connectivity index (χ4n) is 5.86. The Hall–Kier alpha value is -4.00. The summed E-state index contributed by atoms with van der Waals surface area (Å²) in [6.45, 7) is 3.09. The smallest absolute Gasteiger partial charge is 0.250 e. The van der Waals surface area contributed by atoms with Crippen molar-refractivity contribution in [3.63, 3.8) is 0 Å². The van der Waals surface area contributed by atoms with E-state index in [0.29, 0.717) is 46.6 Å². The quantitative estimate of drug-likeness (QED) is 0.231. The second-order valence-corrected chi connectivity index (χ2v) is 13.2. The van der Waals surface area contributed by atoms with E-state index in [1.807, 2.05) is 6.07 Å². The maximum Gasteiger partial charge on any atom is 0.250 e. The third kappa shape index (κ3) is 5.95. The molecule has 0 radical (unpaired) electrons. The maximum absolute atomic E-state index is 14.0. The maximum atomic E-state index is 14.0. The number of aromatic amines is 1. The zero-order valence-electron chi connectivity index (χ0n) is 23.9. The van der Waals surface area contributed by atoms with Crippen molar-refractivity contribution in [2.24, 2.45) is 5.73 Å². The zero-order valence-corrected chi connectivity index (χ0v) is 24.7. The number of hydrogen-bond donors (Lipinski definition) is 4. The number of nitrogens with two attached hydrogens (primary N) is 1. The van der Waals surface area contributed by atoms with Crippen LogP contribution >= 0.6 is 0 Å². The zero-order chi connectivity index (χ0) is 30.1. The third-order valence-corrected chi connectivity index (χ3v) is 10.1. The summed E-state index contributed by atoms with van der Waals surface area (Å²) < 4.78 is 46.6. The Labute approximate surface area is 249 Å². The fraction of sp³-hybridized carbons (Fsp3) is 0.355. The lowest BCUT2D eigenvalue weighted by molar-refractivity contribution is 0.0904. The van der Waals surface area contributed by atoms with Crippen LogP contribution in [0.15, 0.2) is 64.4 Å². The molecule has 2 fully saturated rings. The standard InChI is InChI=1S/C31H35FN6O4S/c1-38-13-9-20(10-14-38)34-27-8-6-24(31(33)39)29(35-21-11-15-42-16-12-21)28(27)30-25-18-23(5-7-26(25)36-37-30)43(40,41)22-4-2-3-19(32)17-22/h2-8,17-18,20-21,34-35H,9-16H2,1H3,(H2,33,39)(H,36,37). The van der Waals surface area contributed by atoms with Crippen LogP contribution in [-0.2, 0) is 14.6 Å². The Kier molecular flexibility index (Phi) is 8.08. The number of halogens is 1. The van der Waals surface area contributed by atoms with Gasteiger partial charge in [-0.15, -0.1) is 0 Å². The molecular weight excluding hydrogens is 571 g/mol. The van der Waals surface area contributed by atoms with E-state index in [2.05, 4.69) is 32.8 Å². The molecule has 5 N–H and O–H groups in total.